The molecule has 0 amide bonds. The fourth-order valence-electron chi connectivity index (χ4n) is 1.78. The molecule has 3 nitrogen and oxygen atoms in total. The average molecular weight is 235 g/mol. The van der Waals surface area contributed by atoms with Gasteiger partial charge in [-0.15, -0.1) is 11.3 Å². The Morgan fingerprint density at radius 3 is 2.94 bits per heavy atom. The fourth-order valence-corrected chi connectivity index (χ4v) is 2.46. The molecule has 0 aromatic carbocycles. The van der Waals surface area contributed by atoms with Gasteiger partial charge in [-0.05, 0) is 43.8 Å². The molecule has 0 unspecified atom stereocenters. The summed E-state index contributed by atoms with van der Waals surface area (Å²) in [5, 5.41) is 12.8. The van der Waals surface area contributed by atoms with Crippen LogP contribution in [0, 0.1) is 13.8 Å². The van der Waals surface area contributed by atoms with E-state index >= 15 is 0 Å². The molecule has 0 saturated carbocycles. The number of nitrogens with zero attached hydrogens (tertiary/aromatic N) is 1. The van der Waals surface area contributed by atoms with E-state index in [0.717, 1.165) is 25.2 Å². The molecule has 0 aliphatic rings. The van der Waals surface area contributed by atoms with Crippen molar-refractivity contribution in [2.75, 3.05) is 6.54 Å². The van der Waals surface area contributed by atoms with Crippen LogP contribution in [0.4, 0.5) is 0 Å². The highest BCUT2D eigenvalue weighted by atomic mass is 32.1. The molecule has 2 aromatic rings. The second kappa shape index (κ2) is 5.27. The third kappa shape index (κ3) is 2.71. The maximum absolute atomic E-state index is 4.19. The van der Waals surface area contributed by atoms with Crippen molar-refractivity contribution in [2.45, 2.75) is 26.8 Å². The molecule has 86 valence electrons. The monoisotopic (exact) mass is 235 g/mol. The first kappa shape index (κ1) is 11.4. The van der Waals surface area contributed by atoms with E-state index in [2.05, 4.69) is 46.9 Å². The van der Waals surface area contributed by atoms with Gasteiger partial charge >= 0.3 is 0 Å². The van der Waals surface area contributed by atoms with Crippen LogP contribution < -0.4 is 5.32 Å². The summed E-state index contributed by atoms with van der Waals surface area (Å²) < 4.78 is 0. The fraction of sp³-hybridized carbons (Fsp3) is 0.417. The van der Waals surface area contributed by atoms with Crippen LogP contribution in [0.5, 0.6) is 0 Å². The molecule has 0 aliphatic carbocycles. The van der Waals surface area contributed by atoms with E-state index in [1.54, 1.807) is 11.3 Å². The average Bonchev–Trinajstić information content (AvgIpc) is 2.87. The lowest BCUT2D eigenvalue weighted by atomic mass is 10.1. The summed E-state index contributed by atoms with van der Waals surface area (Å²) in [4.78, 5) is 1.39. The van der Waals surface area contributed by atoms with Crippen molar-refractivity contribution in [1.29, 1.82) is 0 Å². The second-order valence-electron chi connectivity index (χ2n) is 3.92. The first-order valence-corrected chi connectivity index (χ1v) is 6.39. The molecule has 0 fully saturated rings. The van der Waals surface area contributed by atoms with E-state index in [-0.39, 0.29) is 0 Å². The molecule has 0 spiro atoms. The summed E-state index contributed by atoms with van der Waals surface area (Å²) in [6.07, 6.45) is 1.04. The molecule has 4 heteroatoms. The Morgan fingerprint density at radius 1 is 1.44 bits per heavy atom. The van der Waals surface area contributed by atoms with E-state index in [4.69, 9.17) is 0 Å². The number of hydrogen-bond donors (Lipinski definition) is 2. The molecule has 2 aromatic heterocycles. The van der Waals surface area contributed by atoms with Crippen LogP contribution in [-0.4, -0.2) is 16.7 Å². The van der Waals surface area contributed by atoms with Gasteiger partial charge in [-0.2, -0.15) is 5.10 Å². The largest absolute Gasteiger partial charge is 0.312 e. The van der Waals surface area contributed by atoms with Crippen LogP contribution in [0.15, 0.2) is 17.5 Å². The van der Waals surface area contributed by atoms with E-state index < -0.39 is 0 Å². The Hall–Kier alpha value is -1.13. The third-order valence-corrected chi connectivity index (χ3v) is 3.59. The van der Waals surface area contributed by atoms with Gasteiger partial charge in [-0.1, -0.05) is 6.07 Å². The number of hydrogen-bond acceptors (Lipinski definition) is 3. The normalized spacial score (nSPS) is 10.9. The van der Waals surface area contributed by atoms with Gasteiger partial charge in [-0.3, -0.25) is 5.10 Å². The molecule has 16 heavy (non-hydrogen) atoms. The van der Waals surface area contributed by atoms with Gasteiger partial charge < -0.3 is 5.32 Å². The molecule has 0 radical (unpaired) electrons. The van der Waals surface area contributed by atoms with Gasteiger partial charge in [0.05, 0.1) is 5.69 Å². The zero-order valence-electron chi connectivity index (χ0n) is 9.71. The number of H-pyrrole nitrogens is 1. The molecule has 2 rings (SSSR count). The molecular weight excluding hydrogens is 218 g/mol. The predicted octanol–water partition coefficient (Wildman–Crippen LogP) is 2.42. The Bertz CT molecular complexity index is 412. The number of aromatic nitrogens is 2. The van der Waals surface area contributed by atoms with Crippen molar-refractivity contribution in [2.24, 2.45) is 0 Å². The molecule has 0 aliphatic heterocycles. The minimum atomic E-state index is 0.966. The van der Waals surface area contributed by atoms with E-state index in [1.807, 2.05) is 0 Å². The highest BCUT2D eigenvalue weighted by Gasteiger charge is 2.05. The smallest absolute Gasteiger partial charge is 0.0626 e. The molecule has 0 bridgehead atoms. The van der Waals surface area contributed by atoms with Crippen LogP contribution in [0.3, 0.4) is 0 Å². The highest BCUT2D eigenvalue weighted by molar-refractivity contribution is 7.09. The molecule has 2 N–H and O–H groups in total. The number of nitrogens with one attached hydrogen (secondary N) is 2. The van der Waals surface area contributed by atoms with E-state index in [9.17, 15) is 0 Å². The Morgan fingerprint density at radius 2 is 2.31 bits per heavy atom. The lowest BCUT2D eigenvalue weighted by molar-refractivity contribution is 0.691. The second-order valence-corrected chi connectivity index (χ2v) is 4.95. The summed E-state index contributed by atoms with van der Waals surface area (Å²) in [6.45, 7) is 6.10. The number of rotatable bonds is 5. The number of thiophene rings is 1. The van der Waals surface area contributed by atoms with Crippen LogP contribution in [0.25, 0.3) is 0 Å². The minimum Gasteiger partial charge on any atom is -0.312 e. The van der Waals surface area contributed by atoms with Crippen molar-refractivity contribution >= 4 is 11.3 Å². The van der Waals surface area contributed by atoms with Crippen LogP contribution in [0.2, 0.25) is 0 Å². The van der Waals surface area contributed by atoms with Gasteiger partial charge in [0.1, 0.15) is 0 Å². The van der Waals surface area contributed by atoms with Crippen LogP contribution >= 0.6 is 11.3 Å². The maximum atomic E-state index is 4.19. The lowest BCUT2D eigenvalue weighted by Crippen LogP contribution is -2.16. The van der Waals surface area contributed by atoms with Gasteiger partial charge in [0, 0.05) is 17.1 Å². The van der Waals surface area contributed by atoms with Gasteiger partial charge in [0.2, 0.25) is 0 Å². The zero-order valence-corrected chi connectivity index (χ0v) is 10.5. The predicted molar refractivity (Wildman–Crippen MR) is 67.8 cm³/mol. The summed E-state index contributed by atoms with van der Waals surface area (Å²) >= 11 is 1.80. The zero-order chi connectivity index (χ0) is 11.4. The summed E-state index contributed by atoms with van der Waals surface area (Å²) in [6, 6.07) is 4.25. The SMILES string of the molecule is Cc1n[nH]c(C)c1CCNCc1cccs1. The quantitative estimate of drug-likeness (QED) is 0.781. The van der Waals surface area contributed by atoms with Crippen molar-refractivity contribution in [1.82, 2.24) is 15.5 Å². The highest BCUT2D eigenvalue weighted by Crippen LogP contribution is 2.10. The van der Waals surface area contributed by atoms with Gasteiger partial charge in [-0.25, -0.2) is 0 Å². The van der Waals surface area contributed by atoms with Crippen LogP contribution in [0.1, 0.15) is 21.8 Å². The van der Waals surface area contributed by atoms with E-state index in [0.29, 0.717) is 0 Å². The first-order valence-electron chi connectivity index (χ1n) is 5.51. The van der Waals surface area contributed by atoms with Crippen molar-refractivity contribution in [3.8, 4) is 0 Å². The summed E-state index contributed by atoms with van der Waals surface area (Å²) in [7, 11) is 0. The molecule has 0 atom stereocenters. The van der Waals surface area contributed by atoms with Gasteiger partial charge in [0.15, 0.2) is 0 Å². The topological polar surface area (TPSA) is 40.7 Å². The number of aromatic amines is 1. The molecule has 2 heterocycles. The lowest BCUT2D eigenvalue weighted by Gasteiger charge is -2.03. The first-order chi connectivity index (χ1) is 7.77. The van der Waals surface area contributed by atoms with Crippen molar-refractivity contribution < 1.29 is 0 Å². The Kier molecular flexibility index (Phi) is 3.74. The Labute approximate surface area is 99.9 Å². The molecular formula is C12H17N3S. The van der Waals surface area contributed by atoms with Crippen LogP contribution in [-0.2, 0) is 13.0 Å². The summed E-state index contributed by atoms with van der Waals surface area (Å²) in [5.74, 6) is 0. The van der Waals surface area contributed by atoms with E-state index in [1.165, 1.54) is 16.1 Å². The van der Waals surface area contributed by atoms with Crippen molar-refractivity contribution in [3.63, 3.8) is 0 Å². The third-order valence-electron chi connectivity index (χ3n) is 2.71. The van der Waals surface area contributed by atoms with Crippen molar-refractivity contribution in [3.05, 3.63) is 39.3 Å². The standard InChI is InChI=1S/C12H17N3S/c1-9-12(10(2)15-14-9)5-6-13-8-11-4-3-7-16-11/h3-4,7,13H,5-6,8H2,1-2H3,(H,14,15). The minimum absolute atomic E-state index is 0.966. The molecule has 0 saturated heterocycles. The summed E-state index contributed by atoms with van der Waals surface area (Å²) in [5.41, 5.74) is 3.66. The van der Waals surface area contributed by atoms with Gasteiger partial charge in [0.25, 0.3) is 0 Å². The number of aryl methyl sites for hydroxylation is 2. The maximum Gasteiger partial charge on any atom is 0.0626 e. The Balaban J connectivity index is 1.76.